The van der Waals surface area contributed by atoms with Crippen molar-refractivity contribution in [2.24, 2.45) is 10.9 Å². The van der Waals surface area contributed by atoms with Crippen LogP contribution >= 0.6 is 0 Å². The maximum absolute atomic E-state index is 15.1. The third-order valence-electron chi connectivity index (χ3n) is 8.68. The largest absolute Gasteiger partial charge is 0.389 e. The first-order valence-corrected chi connectivity index (χ1v) is 13.5. The van der Waals surface area contributed by atoms with Gasteiger partial charge in [0.1, 0.15) is 23.0 Å². The van der Waals surface area contributed by atoms with Crippen molar-refractivity contribution in [2.75, 3.05) is 0 Å². The number of nitrogens with zero attached hydrogens (tertiary/aromatic N) is 1. The molecule has 1 heterocycles. The predicted molar refractivity (Wildman–Crippen MR) is 136 cm³/mol. The molecule has 1 aliphatic heterocycles. The van der Waals surface area contributed by atoms with E-state index in [9.17, 15) is 26.3 Å². The molecule has 2 atom stereocenters. The number of hydrogen-bond donors (Lipinski definition) is 0. The maximum atomic E-state index is 15.1. The molecule has 0 amide bonds. The molecule has 0 aromatic heterocycles. The topological polar surface area (TPSA) is 21.6 Å². The molecule has 216 valence electrons. The van der Waals surface area contributed by atoms with Crippen molar-refractivity contribution >= 4 is 6.21 Å². The molecule has 3 aliphatic rings. The molecule has 3 aromatic rings. The van der Waals surface area contributed by atoms with Gasteiger partial charge in [0.05, 0.1) is 11.6 Å². The van der Waals surface area contributed by atoms with Crippen LogP contribution in [0.2, 0.25) is 0 Å². The quantitative estimate of drug-likeness (QED) is 0.211. The van der Waals surface area contributed by atoms with Crippen LogP contribution in [0.5, 0.6) is 0 Å². The van der Waals surface area contributed by atoms with Crippen molar-refractivity contribution in [3.8, 4) is 11.1 Å². The average molecular weight is 580 g/mol. The van der Waals surface area contributed by atoms with Crippen LogP contribution in [-0.4, -0.2) is 12.3 Å². The van der Waals surface area contributed by atoms with E-state index in [4.69, 9.17) is 4.74 Å². The van der Waals surface area contributed by atoms with Gasteiger partial charge in [-0.25, -0.2) is 26.3 Å². The Hall–Kier alpha value is -3.27. The van der Waals surface area contributed by atoms with Crippen LogP contribution in [0.25, 0.3) is 11.1 Å². The molecule has 2 saturated carbocycles. The van der Waals surface area contributed by atoms with Crippen LogP contribution in [-0.2, 0) is 16.4 Å². The number of hydrogen-bond acceptors (Lipinski definition) is 2. The number of halogens is 8. The first-order valence-electron chi connectivity index (χ1n) is 13.5. The minimum Gasteiger partial charge on any atom is -0.313 e. The van der Waals surface area contributed by atoms with E-state index in [1.165, 1.54) is 12.1 Å². The van der Waals surface area contributed by atoms with Crippen LogP contribution in [0.3, 0.4) is 0 Å². The normalized spacial score (nSPS) is 25.7. The summed E-state index contributed by atoms with van der Waals surface area (Å²) in [5.74, 6) is -8.05. The summed E-state index contributed by atoms with van der Waals surface area (Å²) in [4.78, 5) is 4.40. The van der Waals surface area contributed by atoms with E-state index < -0.39 is 58.2 Å². The van der Waals surface area contributed by atoms with Gasteiger partial charge >= 0.3 is 6.11 Å². The predicted octanol–water partition coefficient (Wildman–Crippen LogP) is 9.06. The molecule has 0 N–H and O–H groups in total. The second-order valence-corrected chi connectivity index (χ2v) is 11.2. The fourth-order valence-electron chi connectivity index (χ4n) is 6.52. The van der Waals surface area contributed by atoms with Crippen molar-refractivity contribution in [1.29, 1.82) is 0 Å². The van der Waals surface area contributed by atoms with Crippen LogP contribution < -0.4 is 0 Å². The van der Waals surface area contributed by atoms with Gasteiger partial charge < -0.3 is 4.74 Å². The van der Waals surface area contributed by atoms with E-state index in [1.54, 1.807) is 12.3 Å². The number of ether oxygens (including phenoxy) is 1. The Morgan fingerprint density at radius 1 is 0.756 bits per heavy atom. The zero-order valence-corrected chi connectivity index (χ0v) is 21.7. The molecule has 1 unspecified atom stereocenters. The van der Waals surface area contributed by atoms with E-state index >= 15 is 8.78 Å². The molecule has 2 aliphatic carbocycles. The lowest BCUT2D eigenvalue weighted by atomic mass is 9.82. The minimum absolute atomic E-state index is 0.120. The standard InChI is InChI=1S/C31H25F8NO/c32-23-9-18(3-6-22(23)19-10-26(35)29(37)27(36)11-19)17-1-4-21(5-2-17)41-31(38,39)28-24(33)12-20(13-25(28)34)30-8-7-16(14-30)15-40-30/h3,6,9-13,15-17,21H,1-2,4-5,7-8,14H2/t16?,17?,21?,30-/m1/s1. The second-order valence-electron chi connectivity index (χ2n) is 11.2. The molecule has 2 bridgehead atoms. The maximum Gasteiger partial charge on any atom is 0.389 e. The van der Waals surface area contributed by atoms with Gasteiger partial charge in [-0.15, -0.1) is 0 Å². The number of rotatable bonds is 6. The molecular weight excluding hydrogens is 554 g/mol. The number of alkyl halides is 2. The molecule has 0 saturated heterocycles. The zero-order valence-electron chi connectivity index (χ0n) is 21.7. The Bertz CT molecular complexity index is 1480. The average Bonchev–Trinajstić information content (AvgIpc) is 3.54. The van der Waals surface area contributed by atoms with E-state index in [0.717, 1.165) is 18.6 Å². The van der Waals surface area contributed by atoms with Crippen molar-refractivity contribution in [1.82, 2.24) is 0 Å². The van der Waals surface area contributed by atoms with Gasteiger partial charge in [0, 0.05) is 11.8 Å². The summed E-state index contributed by atoms with van der Waals surface area (Å²) in [6.45, 7) is 0. The second kappa shape index (κ2) is 10.2. The highest BCUT2D eigenvalue weighted by atomic mass is 19.3. The third kappa shape index (κ3) is 5.04. The van der Waals surface area contributed by atoms with Crippen LogP contribution in [0.15, 0.2) is 47.5 Å². The summed E-state index contributed by atoms with van der Waals surface area (Å²) in [6.07, 6.45) is -0.420. The highest BCUT2D eigenvalue weighted by molar-refractivity contribution is 5.67. The first kappa shape index (κ1) is 27.9. The third-order valence-corrected chi connectivity index (χ3v) is 8.68. The highest BCUT2D eigenvalue weighted by Crippen LogP contribution is 2.50. The summed E-state index contributed by atoms with van der Waals surface area (Å²) < 4.78 is 120. The number of benzene rings is 3. The molecule has 6 rings (SSSR count). The summed E-state index contributed by atoms with van der Waals surface area (Å²) in [7, 11) is 0. The van der Waals surface area contributed by atoms with E-state index in [0.29, 0.717) is 43.4 Å². The zero-order chi connectivity index (χ0) is 29.1. The van der Waals surface area contributed by atoms with Crippen molar-refractivity contribution in [2.45, 2.75) is 68.6 Å². The van der Waals surface area contributed by atoms with E-state index in [1.807, 2.05) is 0 Å². The van der Waals surface area contributed by atoms with E-state index in [2.05, 4.69) is 4.99 Å². The van der Waals surface area contributed by atoms with Crippen LogP contribution in [0, 0.1) is 40.8 Å². The summed E-state index contributed by atoms with van der Waals surface area (Å²) in [6, 6.07) is 7.35. The molecule has 0 radical (unpaired) electrons. The van der Waals surface area contributed by atoms with Gasteiger partial charge in [0.25, 0.3) is 0 Å². The van der Waals surface area contributed by atoms with Gasteiger partial charge in [-0.2, -0.15) is 8.78 Å². The SMILES string of the molecule is Fc1cc(C2CCC(OC(F)(F)c3c(F)cc([C@]45CCC(C=N4)C5)cc3F)CC2)ccc1-c1cc(F)c(F)c(F)c1. The summed E-state index contributed by atoms with van der Waals surface area (Å²) in [5.41, 5.74) is -1.68. The summed E-state index contributed by atoms with van der Waals surface area (Å²) in [5, 5.41) is 0. The Balaban J connectivity index is 1.12. The Labute approximate surface area is 231 Å². The molecule has 2 fully saturated rings. The van der Waals surface area contributed by atoms with Gasteiger partial charge in [0.15, 0.2) is 17.5 Å². The molecule has 10 heteroatoms. The molecule has 2 nitrogen and oxygen atoms in total. The minimum atomic E-state index is -4.20. The smallest absolute Gasteiger partial charge is 0.313 e. The number of fused-ring (bicyclic) bond motifs is 2. The Kier molecular flexibility index (Phi) is 6.95. The lowest BCUT2D eigenvalue weighted by Crippen LogP contribution is -2.31. The van der Waals surface area contributed by atoms with Crippen molar-refractivity contribution in [3.63, 3.8) is 0 Å². The van der Waals surface area contributed by atoms with E-state index in [-0.39, 0.29) is 41.4 Å². The van der Waals surface area contributed by atoms with Gasteiger partial charge in [-0.3, -0.25) is 4.99 Å². The van der Waals surface area contributed by atoms with Gasteiger partial charge in [-0.1, -0.05) is 12.1 Å². The van der Waals surface area contributed by atoms with Gasteiger partial charge in [0.2, 0.25) is 0 Å². The monoisotopic (exact) mass is 579 g/mol. The van der Waals surface area contributed by atoms with Crippen LogP contribution in [0.4, 0.5) is 35.1 Å². The van der Waals surface area contributed by atoms with Crippen molar-refractivity contribution in [3.05, 3.63) is 94.1 Å². The molecular formula is C31H25F8NO. The lowest BCUT2D eigenvalue weighted by Gasteiger charge is -2.32. The van der Waals surface area contributed by atoms with Gasteiger partial charge in [-0.05, 0) is 104 Å². The lowest BCUT2D eigenvalue weighted by molar-refractivity contribution is -0.280. The fourth-order valence-corrected chi connectivity index (χ4v) is 6.52. The fraction of sp³-hybridized carbons (Fsp3) is 0.387. The van der Waals surface area contributed by atoms with Crippen LogP contribution in [0.1, 0.15) is 67.6 Å². The first-order chi connectivity index (χ1) is 19.5. The molecule has 41 heavy (non-hydrogen) atoms. The summed E-state index contributed by atoms with van der Waals surface area (Å²) >= 11 is 0. The Morgan fingerprint density at radius 2 is 1.41 bits per heavy atom. The molecule has 0 spiro atoms. The Morgan fingerprint density at radius 3 is 1.95 bits per heavy atom. The molecule has 3 aromatic carbocycles. The van der Waals surface area contributed by atoms with Crippen molar-refractivity contribution < 1.29 is 39.9 Å². The highest BCUT2D eigenvalue weighted by Gasteiger charge is 2.47. The number of aliphatic imine (C=N–C) groups is 1.